The summed E-state index contributed by atoms with van der Waals surface area (Å²) >= 11 is 5.95. The molecule has 1 aliphatic heterocycles. The smallest absolute Gasteiger partial charge is 0.144 e. The molecule has 1 aliphatic rings. The van der Waals surface area contributed by atoms with Crippen molar-refractivity contribution in [2.24, 2.45) is 0 Å². The van der Waals surface area contributed by atoms with Crippen LogP contribution >= 0.6 is 11.6 Å². The highest BCUT2D eigenvalue weighted by Crippen LogP contribution is 2.39. The van der Waals surface area contributed by atoms with Crippen LogP contribution in [0.1, 0.15) is 18.4 Å². The van der Waals surface area contributed by atoms with E-state index in [-0.39, 0.29) is 5.02 Å². The molecule has 0 saturated heterocycles. The Labute approximate surface area is 192 Å². The van der Waals surface area contributed by atoms with Crippen molar-refractivity contribution in [3.05, 3.63) is 52.9 Å². The van der Waals surface area contributed by atoms with Crippen molar-refractivity contribution in [3.63, 3.8) is 0 Å². The average molecular weight is 454 g/mol. The summed E-state index contributed by atoms with van der Waals surface area (Å²) < 4.78 is 19.5. The normalized spacial score (nSPS) is 13.1. The molecule has 0 radical (unpaired) electrons. The largest absolute Gasteiger partial charge is 0.489 e. The molecule has 2 aromatic carbocycles. The van der Waals surface area contributed by atoms with Crippen LogP contribution in [-0.2, 0) is 0 Å². The van der Waals surface area contributed by atoms with Gasteiger partial charge in [0.1, 0.15) is 24.2 Å². The van der Waals surface area contributed by atoms with E-state index in [2.05, 4.69) is 40.3 Å². The number of nitriles is 1. The number of pyridine rings is 1. The first-order chi connectivity index (χ1) is 15.5. The monoisotopic (exact) mass is 453 g/mol. The maximum Gasteiger partial charge on any atom is 0.144 e. The van der Waals surface area contributed by atoms with Crippen LogP contribution in [0.2, 0.25) is 5.02 Å². The lowest BCUT2D eigenvalue weighted by molar-refractivity contribution is 0.306. The number of halogens is 2. The minimum absolute atomic E-state index is 0.0153. The second-order valence-electron chi connectivity index (χ2n) is 8.10. The predicted molar refractivity (Wildman–Crippen MR) is 127 cm³/mol. The highest BCUT2D eigenvalue weighted by molar-refractivity contribution is 6.31. The number of hydrogen-bond donors (Lipinski definition) is 1. The standard InChI is InChI=1S/C24H25ClFN5O/c1-30(2)7-3-4-8-31-9-10-32-23-13-21-18(12-22(23)31)24(16(14-27)15-28-21)29-17-5-6-20(26)19(25)11-17/h5-6,11-13,15H,3-4,7-10H2,1-2H3,(H,28,29). The SMILES string of the molecule is CN(C)CCCCN1CCOc2cc3ncc(C#N)c(Nc4ccc(F)c(Cl)c4)c3cc21. The molecule has 0 saturated carbocycles. The third kappa shape index (κ3) is 4.72. The van der Waals surface area contributed by atoms with E-state index in [1.165, 1.54) is 18.3 Å². The topological polar surface area (TPSA) is 64.4 Å². The lowest BCUT2D eigenvalue weighted by atomic mass is 10.1. The molecular weight excluding hydrogens is 429 g/mol. The number of hydrogen-bond acceptors (Lipinski definition) is 6. The predicted octanol–water partition coefficient (Wildman–Crippen LogP) is 5.18. The Morgan fingerprint density at radius 1 is 1.28 bits per heavy atom. The molecule has 0 fully saturated rings. The number of ether oxygens (including phenoxy) is 1. The van der Waals surface area contributed by atoms with Gasteiger partial charge >= 0.3 is 0 Å². The maximum atomic E-state index is 13.6. The molecule has 32 heavy (non-hydrogen) atoms. The molecule has 0 amide bonds. The molecule has 0 unspecified atom stereocenters. The van der Waals surface area contributed by atoms with Crippen molar-refractivity contribution in [1.82, 2.24) is 9.88 Å². The Kier molecular flexibility index (Phi) is 6.63. The summed E-state index contributed by atoms with van der Waals surface area (Å²) in [5, 5.41) is 13.7. The molecule has 1 N–H and O–H groups in total. The van der Waals surface area contributed by atoms with E-state index in [0.717, 1.165) is 49.3 Å². The Bertz CT molecular complexity index is 1180. The van der Waals surface area contributed by atoms with Gasteiger partial charge in [-0.15, -0.1) is 0 Å². The third-order valence-electron chi connectivity index (χ3n) is 5.50. The molecule has 4 rings (SSSR count). The number of benzene rings is 2. The van der Waals surface area contributed by atoms with Gasteiger partial charge in [-0.05, 0) is 57.7 Å². The maximum absolute atomic E-state index is 13.6. The number of fused-ring (bicyclic) bond motifs is 2. The highest BCUT2D eigenvalue weighted by atomic mass is 35.5. The summed E-state index contributed by atoms with van der Waals surface area (Å²) in [6, 6.07) is 10.5. The molecule has 3 aromatic rings. The van der Waals surface area contributed by atoms with Crippen LogP contribution in [0.3, 0.4) is 0 Å². The minimum atomic E-state index is -0.492. The van der Waals surface area contributed by atoms with E-state index in [4.69, 9.17) is 16.3 Å². The number of nitrogens with zero attached hydrogens (tertiary/aromatic N) is 4. The quantitative estimate of drug-likeness (QED) is 0.497. The van der Waals surface area contributed by atoms with Gasteiger partial charge in [-0.3, -0.25) is 4.98 Å². The molecular formula is C24H25ClFN5O. The number of anilines is 3. The van der Waals surface area contributed by atoms with E-state index >= 15 is 0 Å². The van der Waals surface area contributed by atoms with Crippen LogP contribution in [0.5, 0.6) is 5.75 Å². The van der Waals surface area contributed by atoms with Gasteiger partial charge in [0.25, 0.3) is 0 Å². The first-order valence-electron chi connectivity index (χ1n) is 10.6. The van der Waals surface area contributed by atoms with Gasteiger partial charge in [0.15, 0.2) is 0 Å². The molecule has 6 nitrogen and oxygen atoms in total. The summed E-state index contributed by atoms with van der Waals surface area (Å²) in [7, 11) is 4.16. The van der Waals surface area contributed by atoms with Crippen molar-refractivity contribution < 1.29 is 9.13 Å². The Hall–Kier alpha value is -3.08. The Morgan fingerprint density at radius 2 is 2.12 bits per heavy atom. The van der Waals surface area contributed by atoms with E-state index in [1.807, 2.05) is 12.1 Å². The molecule has 0 aliphatic carbocycles. The first kappa shape index (κ1) is 22.1. The van der Waals surface area contributed by atoms with Gasteiger partial charge in [0.05, 0.1) is 34.0 Å². The summed E-state index contributed by atoms with van der Waals surface area (Å²) in [4.78, 5) is 8.98. The molecule has 0 bridgehead atoms. The lowest BCUT2D eigenvalue weighted by Gasteiger charge is -2.32. The van der Waals surface area contributed by atoms with Crippen molar-refractivity contribution in [2.45, 2.75) is 12.8 Å². The molecule has 1 aromatic heterocycles. The zero-order valence-corrected chi connectivity index (χ0v) is 18.9. The number of rotatable bonds is 7. The van der Waals surface area contributed by atoms with E-state index in [1.54, 1.807) is 6.07 Å². The van der Waals surface area contributed by atoms with Crippen LogP contribution in [0.4, 0.5) is 21.5 Å². The van der Waals surface area contributed by atoms with Gasteiger partial charge in [-0.2, -0.15) is 5.26 Å². The van der Waals surface area contributed by atoms with E-state index in [0.29, 0.717) is 29.1 Å². The molecule has 0 atom stereocenters. The van der Waals surface area contributed by atoms with Crippen LogP contribution in [-0.4, -0.2) is 50.2 Å². The Morgan fingerprint density at radius 3 is 2.88 bits per heavy atom. The third-order valence-corrected chi connectivity index (χ3v) is 5.79. The van der Waals surface area contributed by atoms with Gasteiger partial charge in [-0.25, -0.2) is 4.39 Å². The number of aromatic nitrogens is 1. The summed E-state index contributed by atoms with van der Waals surface area (Å²) in [5.74, 6) is 0.304. The zero-order chi connectivity index (χ0) is 22.7. The minimum Gasteiger partial charge on any atom is -0.489 e. The van der Waals surface area contributed by atoms with Crippen LogP contribution < -0.4 is 15.0 Å². The highest BCUT2D eigenvalue weighted by Gasteiger charge is 2.21. The summed E-state index contributed by atoms with van der Waals surface area (Å²) in [6.07, 6.45) is 3.72. The van der Waals surface area contributed by atoms with E-state index in [9.17, 15) is 9.65 Å². The second kappa shape index (κ2) is 9.60. The van der Waals surface area contributed by atoms with Crippen molar-refractivity contribution >= 4 is 39.6 Å². The fourth-order valence-electron chi connectivity index (χ4n) is 3.86. The van der Waals surface area contributed by atoms with Crippen molar-refractivity contribution in [1.29, 1.82) is 5.26 Å². The van der Waals surface area contributed by atoms with Gasteiger partial charge in [-0.1, -0.05) is 11.6 Å². The fourth-order valence-corrected chi connectivity index (χ4v) is 4.04. The van der Waals surface area contributed by atoms with Crippen molar-refractivity contribution in [3.8, 4) is 11.8 Å². The number of unbranched alkanes of at least 4 members (excludes halogenated alkanes) is 1. The van der Waals surface area contributed by atoms with Gasteiger partial charge in [0, 0.05) is 29.9 Å². The Balaban J connectivity index is 1.71. The molecule has 8 heteroatoms. The van der Waals surface area contributed by atoms with Crippen molar-refractivity contribution in [2.75, 3.05) is 50.6 Å². The average Bonchev–Trinajstić information content (AvgIpc) is 2.78. The molecule has 0 spiro atoms. The molecule has 166 valence electrons. The fraction of sp³-hybridized carbons (Fsp3) is 0.333. The van der Waals surface area contributed by atoms with Crippen LogP contribution in [0.15, 0.2) is 36.5 Å². The molecule has 2 heterocycles. The van der Waals surface area contributed by atoms with Crippen LogP contribution in [0.25, 0.3) is 10.9 Å². The zero-order valence-electron chi connectivity index (χ0n) is 18.2. The van der Waals surface area contributed by atoms with Gasteiger partial charge < -0.3 is 19.9 Å². The van der Waals surface area contributed by atoms with E-state index < -0.39 is 5.82 Å². The van der Waals surface area contributed by atoms with Crippen LogP contribution in [0, 0.1) is 17.1 Å². The summed E-state index contributed by atoms with van der Waals surface area (Å²) in [6.45, 7) is 3.42. The van der Waals surface area contributed by atoms with Gasteiger partial charge in [0.2, 0.25) is 0 Å². The summed E-state index contributed by atoms with van der Waals surface area (Å²) in [5.41, 5.74) is 3.31. The lowest BCUT2D eigenvalue weighted by Crippen LogP contribution is -2.33. The first-order valence-corrected chi connectivity index (χ1v) is 11.0. The number of nitrogens with one attached hydrogen (secondary N) is 1. The second-order valence-corrected chi connectivity index (χ2v) is 8.50.